The number of primary amides is 1. The average molecular weight is 296 g/mol. The van der Waals surface area contributed by atoms with Gasteiger partial charge in [-0.1, -0.05) is 12.1 Å². The maximum atomic E-state index is 13.4. The molecular weight excluding hydrogens is 275 g/mol. The summed E-state index contributed by atoms with van der Waals surface area (Å²) >= 11 is 0. The molecule has 0 aromatic heterocycles. The molecule has 1 fully saturated rings. The van der Waals surface area contributed by atoms with Gasteiger partial charge in [0.25, 0.3) is 5.91 Å². The summed E-state index contributed by atoms with van der Waals surface area (Å²) in [6, 6.07) is 6.34. The number of carbonyl (C=O) groups is 1. The van der Waals surface area contributed by atoms with Crippen molar-refractivity contribution in [1.29, 1.82) is 0 Å². The van der Waals surface area contributed by atoms with Crippen molar-refractivity contribution in [3.63, 3.8) is 0 Å². The lowest BCUT2D eigenvalue weighted by Gasteiger charge is -2.38. The fourth-order valence-electron chi connectivity index (χ4n) is 2.32. The molecule has 1 heterocycles. The average Bonchev–Trinajstić information content (AvgIpc) is 2.45. The predicted octanol–water partition coefficient (Wildman–Crippen LogP) is 1.17. The maximum Gasteiger partial charge on any atom is 0.250 e. The van der Waals surface area contributed by atoms with Gasteiger partial charge in [0, 0.05) is 19.6 Å². The van der Waals surface area contributed by atoms with Crippen LogP contribution < -0.4 is 10.5 Å². The zero-order valence-electron chi connectivity index (χ0n) is 12.2. The third-order valence-electron chi connectivity index (χ3n) is 3.59. The van der Waals surface area contributed by atoms with Gasteiger partial charge in [-0.15, -0.1) is 0 Å². The number of benzene rings is 1. The van der Waals surface area contributed by atoms with E-state index in [2.05, 4.69) is 4.90 Å². The van der Waals surface area contributed by atoms with Crippen LogP contribution >= 0.6 is 0 Å². The van der Waals surface area contributed by atoms with Gasteiger partial charge in [0.05, 0.1) is 13.2 Å². The number of amides is 1. The molecule has 1 saturated heterocycles. The van der Waals surface area contributed by atoms with Crippen LogP contribution in [0, 0.1) is 5.82 Å². The summed E-state index contributed by atoms with van der Waals surface area (Å²) in [6.45, 7) is 4.59. The van der Waals surface area contributed by atoms with Crippen LogP contribution in [0.2, 0.25) is 0 Å². The molecule has 0 unspecified atom stereocenters. The molecule has 116 valence electrons. The minimum atomic E-state index is -0.926. The lowest BCUT2D eigenvalue weighted by Crippen LogP contribution is -2.57. The van der Waals surface area contributed by atoms with Crippen molar-refractivity contribution in [1.82, 2.24) is 4.90 Å². The number of nitrogens with two attached hydrogens (primary N) is 1. The van der Waals surface area contributed by atoms with Gasteiger partial charge in [-0.25, -0.2) is 4.39 Å². The maximum absolute atomic E-state index is 13.4. The Balaban J connectivity index is 1.74. The van der Waals surface area contributed by atoms with Gasteiger partial charge in [-0.05, 0) is 25.5 Å². The molecule has 2 rings (SSSR count). The van der Waals surface area contributed by atoms with E-state index in [1.165, 1.54) is 6.07 Å². The number of hydrogen-bond acceptors (Lipinski definition) is 4. The normalized spacial score (nSPS) is 23.0. The highest BCUT2D eigenvalue weighted by atomic mass is 19.1. The summed E-state index contributed by atoms with van der Waals surface area (Å²) in [4.78, 5) is 13.5. The summed E-state index contributed by atoms with van der Waals surface area (Å²) in [5.41, 5.74) is 4.43. The largest absolute Gasteiger partial charge is 0.490 e. The van der Waals surface area contributed by atoms with Crippen molar-refractivity contribution >= 4 is 5.91 Å². The van der Waals surface area contributed by atoms with Crippen molar-refractivity contribution in [2.75, 3.05) is 32.8 Å². The summed E-state index contributed by atoms with van der Waals surface area (Å²) in [6.07, 6.45) is 0.739. The molecule has 1 amide bonds. The van der Waals surface area contributed by atoms with Crippen LogP contribution in [-0.4, -0.2) is 49.3 Å². The van der Waals surface area contributed by atoms with Crippen LogP contribution in [0.15, 0.2) is 24.3 Å². The number of carbonyl (C=O) groups excluding carboxylic acids is 1. The third-order valence-corrected chi connectivity index (χ3v) is 3.59. The van der Waals surface area contributed by atoms with E-state index in [-0.39, 0.29) is 11.6 Å². The summed E-state index contributed by atoms with van der Waals surface area (Å²) in [5, 5.41) is 0. The lowest BCUT2D eigenvalue weighted by molar-refractivity contribution is -0.153. The van der Waals surface area contributed by atoms with Crippen LogP contribution in [0.5, 0.6) is 5.75 Å². The van der Waals surface area contributed by atoms with Gasteiger partial charge in [-0.2, -0.15) is 0 Å². The van der Waals surface area contributed by atoms with Crippen molar-refractivity contribution in [3.8, 4) is 5.75 Å². The fraction of sp³-hybridized carbons (Fsp3) is 0.533. The second-order valence-corrected chi connectivity index (χ2v) is 5.35. The molecule has 2 N–H and O–H groups in total. The van der Waals surface area contributed by atoms with Crippen LogP contribution in [0.4, 0.5) is 4.39 Å². The minimum absolute atomic E-state index is 0.265. The molecule has 21 heavy (non-hydrogen) atoms. The molecular formula is C15H21FN2O3. The predicted molar refractivity (Wildman–Crippen MR) is 76.5 cm³/mol. The number of morpholine rings is 1. The van der Waals surface area contributed by atoms with Gasteiger partial charge in [0.1, 0.15) is 0 Å². The highest BCUT2D eigenvalue weighted by molar-refractivity contribution is 5.83. The number of rotatable bonds is 6. The van der Waals surface area contributed by atoms with Crippen molar-refractivity contribution in [3.05, 3.63) is 30.1 Å². The third kappa shape index (κ3) is 4.15. The molecule has 1 aromatic carbocycles. The van der Waals surface area contributed by atoms with Crippen LogP contribution in [0.25, 0.3) is 0 Å². The SMILES string of the molecule is C[C@]1(C(N)=O)CN(CCCOc2ccccc2F)CCO1. The molecule has 6 heteroatoms. The van der Waals surface area contributed by atoms with E-state index in [1.807, 2.05) is 0 Å². The van der Waals surface area contributed by atoms with E-state index >= 15 is 0 Å². The van der Waals surface area contributed by atoms with Gasteiger partial charge in [0.2, 0.25) is 0 Å². The fourth-order valence-corrected chi connectivity index (χ4v) is 2.32. The Bertz CT molecular complexity index is 498. The van der Waals surface area contributed by atoms with Gasteiger partial charge in [-0.3, -0.25) is 9.69 Å². The molecule has 0 aliphatic carbocycles. The summed E-state index contributed by atoms with van der Waals surface area (Å²) < 4.78 is 24.2. The van der Waals surface area contributed by atoms with E-state index < -0.39 is 11.5 Å². The first-order chi connectivity index (χ1) is 10.0. The van der Waals surface area contributed by atoms with Gasteiger partial charge >= 0.3 is 0 Å². The Morgan fingerprint density at radius 3 is 3.00 bits per heavy atom. The van der Waals surface area contributed by atoms with E-state index in [1.54, 1.807) is 25.1 Å². The summed E-state index contributed by atoms with van der Waals surface area (Å²) in [7, 11) is 0. The molecule has 5 nitrogen and oxygen atoms in total. The molecule has 0 bridgehead atoms. The first-order valence-electron chi connectivity index (χ1n) is 7.05. The highest BCUT2D eigenvalue weighted by Gasteiger charge is 2.37. The first-order valence-corrected chi connectivity index (χ1v) is 7.05. The second-order valence-electron chi connectivity index (χ2n) is 5.35. The number of hydrogen-bond donors (Lipinski definition) is 1. The smallest absolute Gasteiger partial charge is 0.250 e. The number of para-hydroxylation sites is 1. The summed E-state index contributed by atoms with van der Waals surface area (Å²) in [5.74, 6) is -0.540. The molecule has 1 aliphatic heterocycles. The Labute approximate surface area is 123 Å². The molecule has 1 aliphatic rings. The number of nitrogens with zero attached hydrogens (tertiary/aromatic N) is 1. The monoisotopic (exact) mass is 296 g/mol. The Hall–Kier alpha value is -1.66. The van der Waals surface area contributed by atoms with E-state index in [9.17, 15) is 9.18 Å². The van der Waals surface area contributed by atoms with Crippen molar-refractivity contribution in [2.24, 2.45) is 5.73 Å². The van der Waals surface area contributed by atoms with Crippen LogP contribution in [0.1, 0.15) is 13.3 Å². The van der Waals surface area contributed by atoms with E-state index in [0.29, 0.717) is 19.8 Å². The quantitative estimate of drug-likeness (QED) is 0.800. The molecule has 0 radical (unpaired) electrons. The Kier molecular flexibility index (Phi) is 5.14. The van der Waals surface area contributed by atoms with Crippen molar-refractivity contribution in [2.45, 2.75) is 18.9 Å². The second kappa shape index (κ2) is 6.87. The van der Waals surface area contributed by atoms with Gasteiger partial charge in [0.15, 0.2) is 17.2 Å². The molecule has 0 spiro atoms. The molecule has 1 aromatic rings. The van der Waals surface area contributed by atoms with Crippen LogP contribution in [0.3, 0.4) is 0 Å². The molecule has 1 atom stereocenters. The first kappa shape index (κ1) is 15.7. The number of ether oxygens (including phenoxy) is 2. The lowest BCUT2D eigenvalue weighted by atomic mass is 10.0. The Morgan fingerprint density at radius 1 is 1.52 bits per heavy atom. The Morgan fingerprint density at radius 2 is 2.29 bits per heavy atom. The van der Waals surface area contributed by atoms with Crippen molar-refractivity contribution < 1.29 is 18.7 Å². The van der Waals surface area contributed by atoms with Gasteiger partial charge < -0.3 is 15.2 Å². The minimum Gasteiger partial charge on any atom is -0.490 e. The number of halogens is 1. The van der Waals surface area contributed by atoms with Crippen LogP contribution in [-0.2, 0) is 9.53 Å². The highest BCUT2D eigenvalue weighted by Crippen LogP contribution is 2.18. The zero-order valence-corrected chi connectivity index (χ0v) is 12.2. The molecule has 0 saturated carbocycles. The van der Waals surface area contributed by atoms with E-state index in [0.717, 1.165) is 19.5 Å². The zero-order chi connectivity index (χ0) is 15.3. The van der Waals surface area contributed by atoms with E-state index in [4.69, 9.17) is 15.2 Å². The standard InChI is InChI=1S/C15H21FN2O3/c1-15(14(17)19)11-18(8-10-21-15)7-4-9-20-13-6-3-2-5-12(13)16/h2-3,5-6H,4,7-11H2,1H3,(H2,17,19)/t15-/m1/s1. The topological polar surface area (TPSA) is 64.8 Å².